The average molecular weight is 206 g/mol. The maximum Gasteiger partial charge on any atom is 0.303 e. The maximum absolute atomic E-state index is 11.2. The Kier molecular flexibility index (Phi) is 2.95. The Hall–Kier alpha value is -0.580. The van der Waals surface area contributed by atoms with Gasteiger partial charge in [-0.1, -0.05) is 13.3 Å². The van der Waals surface area contributed by atoms with Crippen LogP contribution in [0.25, 0.3) is 0 Å². The standard InChI is InChI=1S/C8H14O4S/c1-2-6(5-8(9)10)7-3-4-13(7,11)12/h6-7H,2-5H2,1H3,(H,9,10). The molecule has 2 unspecified atom stereocenters. The summed E-state index contributed by atoms with van der Waals surface area (Å²) in [6, 6.07) is 0. The fourth-order valence-corrected chi connectivity index (χ4v) is 3.51. The number of sulfone groups is 1. The van der Waals surface area contributed by atoms with E-state index >= 15 is 0 Å². The van der Waals surface area contributed by atoms with E-state index in [-0.39, 0.29) is 18.1 Å². The average Bonchev–Trinajstić information content (AvgIpc) is 2.00. The van der Waals surface area contributed by atoms with Crippen molar-refractivity contribution < 1.29 is 18.3 Å². The van der Waals surface area contributed by atoms with E-state index in [0.717, 1.165) is 0 Å². The second-order valence-electron chi connectivity index (χ2n) is 3.46. The molecule has 1 heterocycles. The molecule has 1 fully saturated rings. The van der Waals surface area contributed by atoms with Crippen LogP contribution in [-0.2, 0) is 14.6 Å². The van der Waals surface area contributed by atoms with E-state index in [4.69, 9.17) is 5.11 Å². The molecule has 1 aliphatic heterocycles. The number of hydrogen-bond acceptors (Lipinski definition) is 3. The van der Waals surface area contributed by atoms with Crippen LogP contribution in [0.4, 0.5) is 0 Å². The number of carboxylic acids is 1. The first-order valence-electron chi connectivity index (χ1n) is 4.40. The summed E-state index contributed by atoms with van der Waals surface area (Å²) in [5.41, 5.74) is 0. The monoisotopic (exact) mass is 206 g/mol. The van der Waals surface area contributed by atoms with Crippen molar-refractivity contribution in [3.8, 4) is 0 Å². The van der Waals surface area contributed by atoms with Gasteiger partial charge in [0.15, 0.2) is 9.84 Å². The Balaban J connectivity index is 2.63. The summed E-state index contributed by atoms with van der Waals surface area (Å²) in [6.45, 7) is 1.83. The lowest BCUT2D eigenvalue weighted by atomic mass is 9.96. The molecule has 0 spiro atoms. The van der Waals surface area contributed by atoms with Crippen LogP contribution in [0.1, 0.15) is 26.2 Å². The topological polar surface area (TPSA) is 71.4 Å². The van der Waals surface area contributed by atoms with Crippen molar-refractivity contribution in [3.05, 3.63) is 0 Å². The second-order valence-corrected chi connectivity index (χ2v) is 5.80. The van der Waals surface area contributed by atoms with E-state index in [1.807, 2.05) is 6.92 Å². The Bertz CT molecular complexity index is 293. The maximum atomic E-state index is 11.2. The number of hydrogen-bond donors (Lipinski definition) is 1. The smallest absolute Gasteiger partial charge is 0.303 e. The van der Waals surface area contributed by atoms with Gasteiger partial charge < -0.3 is 5.11 Å². The Morgan fingerprint density at radius 1 is 1.62 bits per heavy atom. The molecule has 5 heteroatoms. The van der Waals surface area contributed by atoms with Gasteiger partial charge in [0.25, 0.3) is 0 Å². The summed E-state index contributed by atoms with van der Waals surface area (Å²) in [5.74, 6) is -0.876. The van der Waals surface area contributed by atoms with Gasteiger partial charge in [0.05, 0.1) is 11.0 Å². The fourth-order valence-electron chi connectivity index (χ4n) is 1.74. The third kappa shape index (κ3) is 2.21. The lowest BCUT2D eigenvalue weighted by Crippen LogP contribution is -2.42. The first-order chi connectivity index (χ1) is 5.97. The zero-order chi connectivity index (χ0) is 10.1. The van der Waals surface area contributed by atoms with E-state index in [2.05, 4.69) is 0 Å². The highest BCUT2D eigenvalue weighted by atomic mass is 32.2. The highest BCUT2D eigenvalue weighted by molar-refractivity contribution is 7.93. The zero-order valence-electron chi connectivity index (χ0n) is 7.56. The third-order valence-corrected chi connectivity index (χ3v) is 4.98. The third-order valence-electron chi connectivity index (χ3n) is 2.64. The van der Waals surface area contributed by atoms with Crippen LogP contribution in [0.2, 0.25) is 0 Å². The van der Waals surface area contributed by atoms with Crippen molar-refractivity contribution in [2.45, 2.75) is 31.4 Å². The predicted octanol–water partition coefficient (Wildman–Crippen LogP) is 0.674. The summed E-state index contributed by atoms with van der Waals surface area (Å²) < 4.78 is 22.4. The van der Waals surface area contributed by atoms with Gasteiger partial charge >= 0.3 is 5.97 Å². The molecule has 0 aliphatic carbocycles. The molecular weight excluding hydrogens is 192 g/mol. The van der Waals surface area contributed by atoms with Gasteiger partial charge in [-0.05, 0) is 12.3 Å². The van der Waals surface area contributed by atoms with Crippen molar-refractivity contribution in [2.24, 2.45) is 5.92 Å². The molecule has 0 saturated carbocycles. The molecule has 13 heavy (non-hydrogen) atoms. The van der Waals surface area contributed by atoms with Crippen molar-refractivity contribution in [1.82, 2.24) is 0 Å². The number of aliphatic carboxylic acids is 1. The fraction of sp³-hybridized carbons (Fsp3) is 0.875. The van der Waals surface area contributed by atoms with Gasteiger partial charge in [0.2, 0.25) is 0 Å². The highest BCUT2D eigenvalue weighted by Gasteiger charge is 2.41. The molecule has 1 N–H and O–H groups in total. The van der Waals surface area contributed by atoms with Crippen LogP contribution in [0.5, 0.6) is 0 Å². The Labute approximate surface area is 77.9 Å². The minimum absolute atomic E-state index is 0.0274. The molecule has 0 radical (unpaired) electrons. The van der Waals surface area contributed by atoms with Gasteiger partial charge in [-0.25, -0.2) is 8.42 Å². The number of carbonyl (C=O) groups is 1. The molecule has 2 atom stereocenters. The van der Waals surface area contributed by atoms with Crippen LogP contribution in [0.15, 0.2) is 0 Å². The lowest BCUT2D eigenvalue weighted by molar-refractivity contribution is -0.138. The normalized spacial score (nSPS) is 27.6. The van der Waals surface area contributed by atoms with Gasteiger partial charge in [-0.3, -0.25) is 4.79 Å². The van der Waals surface area contributed by atoms with Crippen LogP contribution in [0.3, 0.4) is 0 Å². The van der Waals surface area contributed by atoms with Crippen LogP contribution in [0, 0.1) is 5.92 Å². The van der Waals surface area contributed by atoms with Gasteiger partial charge in [-0.15, -0.1) is 0 Å². The minimum atomic E-state index is -2.94. The van der Waals surface area contributed by atoms with Crippen molar-refractivity contribution in [3.63, 3.8) is 0 Å². The van der Waals surface area contributed by atoms with Crippen LogP contribution >= 0.6 is 0 Å². The van der Waals surface area contributed by atoms with Crippen molar-refractivity contribution in [1.29, 1.82) is 0 Å². The molecule has 0 bridgehead atoms. The molecule has 0 aromatic carbocycles. The van der Waals surface area contributed by atoms with E-state index in [1.165, 1.54) is 0 Å². The van der Waals surface area contributed by atoms with E-state index in [9.17, 15) is 13.2 Å². The molecule has 76 valence electrons. The second kappa shape index (κ2) is 3.65. The summed E-state index contributed by atoms with van der Waals surface area (Å²) >= 11 is 0. The molecule has 0 aromatic rings. The molecule has 4 nitrogen and oxygen atoms in total. The van der Waals surface area contributed by atoms with Gasteiger partial charge in [0.1, 0.15) is 0 Å². The summed E-state index contributed by atoms with van der Waals surface area (Å²) in [5, 5.41) is 8.16. The van der Waals surface area contributed by atoms with Crippen molar-refractivity contribution in [2.75, 3.05) is 5.75 Å². The predicted molar refractivity (Wildman–Crippen MR) is 48.2 cm³/mol. The molecular formula is C8H14O4S. The summed E-state index contributed by atoms with van der Waals surface area (Å²) in [4.78, 5) is 10.4. The van der Waals surface area contributed by atoms with E-state index < -0.39 is 21.1 Å². The van der Waals surface area contributed by atoms with Crippen LogP contribution < -0.4 is 0 Å². The molecule has 1 aliphatic rings. The SMILES string of the molecule is CCC(CC(=O)O)C1CCS1(=O)=O. The summed E-state index contributed by atoms with van der Waals surface area (Å²) in [6.07, 6.45) is 1.23. The molecule has 0 amide bonds. The van der Waals surface area contributed by atoms with Gasteiger partial charge in [-0.2, -0.15) is 0 Å². The Morgan fingerprint density at radius 2 is 2.23 bits per heavy atom. The summed E-state index contributed by atoms with van der Waals surface area (Å²) in [7, 11) is -2.94. The van der Waals surface area contributed by atoms with Crippen molar-refractivity contribution >= 4 is 15.8 Å². The first kappa shape index (κ1) is 10.5. The van der Waals surface area contributed by atoms with Crippen LogP contribution in [-0.4, -0.2) is 30.5 Å². The lowest BCUT2D eigenvalue weighted by Gasteiger charge is -2.32. The van der Waals surface area contributed by atoms with Gasteiger partial charge in [0, 0.05) is 6.42 Å². The Morgan fingerprint density at radius 3 is 2.46 bits per heavy atom. The highest BCUT2D eigenvalue weighted by Crippen LogP contribution is 2.31. The quantitative estimate of drug-likeness (QED) is 0.734. The number of rotatable bonds is 4. The first-order valence-corrected chi connectivity index (χ1v) is 6.12. The largest absolute Gasteiger partial charge is 0.481 e. The molecule has 1 rings (SSSR count). The number of carboxylic acid groups (broad SMARTS) is 1. The minimum Gasteiger partial charge on any atom is -0.481 e. The van der Waals surface area contributed by atoms with E-state index in [1.54, 1.807) is 0 Å². The molecule has 0 aromatic heterocycles. The zero-order valence-corrected chi connectivity index (χ0v) is 8.38. The van der Waals surface area contributed by atoms with E-state index in [0.29, 0.717) is 12.8 Å². The molecule has 1 saturated heterocycles.